The van der Waals surface area contributed by atoms with Gasteiger partial charge in [-0.15, -0.1) is 0 Å². The van der Waals surface area contributed by atoms with E-state index in [1.54, 1.807) is 34.2 Å². The number of carbonyl (C=O) groups excluding carboxylic acids is 1. The van der Waals surface area contributed by atoms with Gasteiger partial charge in [-0.2, -0.15) is 10.2 Å². The van der Waals surface area contributed by atoms with Crippen LogP contribution in [0.3, 0.4) is 0 Å². The Balaban J connectivity index is 1.63. The number of nitrogens with one attached hydrogen (secondary N) is 1. The van der Waals surface area contributed by atoms with Gasteiger partial charge in [0.25, 0.3) is 5.91 Å². The highest BCUT2D eigenvalue weighted by atomic mass is 16.2. The summed E-state index contributed by atoms with van der Waals surface area (Å²) < 4.78 is 3.45. The molecule has 0 aliphatic rings. The molecule has 0 aliphatic heterocycles. The first kappa shape index (κ1) is 13.0. The number of aromatic nitrogens is 4. The van der Waals surface area contributed by atoms with Crippen LogP contribution in [0.1, 0.15) is 5.56 Å². The largest absolute Gasteiger partial charge is 0.321 e. The van der Waals surface area contributed by atoms with Crippen molar-refractivity contribution in [2.75, 3.05) is 0 Å². The molecule has 106 valence electrons. The van der Waals surface area contributed by atoms with Crippen LogP contribution < -0.4 is 5.43 Å². The van der Waals surface area contributed by atoms with Crippen LogP contribution in [0, 0.1) is 0 Å². The van der Waals surface area contributed by atoms with Gasteiger partial charge in [0.05, 0.1) is 29.8 Å². The van der Waals surface area contributed by atoms with Crippen LogP contribution in [0.4, 0.5) is 0 Å². The quantitative estimate of drug-likeness (QED) is 0.571. The predicted octanol–water partition coefficient (Wildman–Crippen LogP) is 0.920. The number of carbonyl (C=O) groups is 1. The zero-order chi connectivity index (χ0) is 14.7. The van der Waals surface area contributed by atoms with E-state index in [-0.39, 0.29) is 12.5 Å². The summed E-state index contributed by atoms with van der Waals surface area (Å²) in [6, 6.07) is 7.66. The van der Waals surface area contributed by atoms with E-state index >= 15 is 0 Å². The second-order valence-electron chi connectivity index (χ2n) is 4.60. The zero-order valence-corrected chi connectivity index (χ0v) is 11.5. The highest BCUT2D eigenvalue weighted by Crippen LogP contribution is 2.11. The molecule has 7 nitrogen and oxygen atoms in total. The molecule has 3 rings (SSSR count). The lowest BCUT2D eigenvalue weighted by Crippen LogP contribution is -2.22. The van der Waals surface area contributed by atoms with Crippen LogP contribution in [-0.4, -0.2) is 31.5 Å². The Morgan fingerprint density at radius 2 is 2.29 bits per heavy atom. The Hall–Kier alpha value is -2.96. The number of aryl methyl sites for hydroxylation is 1. The van der Waals surface area contributed by atoms with Gasteiger partial charge in [0.15, 0.2) is 0 Å². The van der Waals surface area contributed by atoms with Crippen molar-refractivity contribution in [2.45, 2.75) is 6.54 Å². The van der Waals surface area contributed by atoms with E-state index < -0.39 is 0 Å². The summed E-state index contributed by atoms with van der Waals surface area (Å²) >= 11 is 0. The summed E-state index contributed by atoms with van der Waals surface area (Å²) in [5.41, 5.74) is 5.10. The number of hydrogen-bond acceptors (Lipinski definition) is 4. The minimum absolute atomic E-state index is 0.172. The van der Waals surface area contributed by atoms with Gasteiger partial charge in [0.1, 0.15) is 6.54 Å². The molecule has 2 heterocycles. The van der Waals surface area contributed by atoms with Crippen molar-refractivity contribution in [3.8, 4) is 0 Å². The molecule has 0 atom stereocenters. The van der Waals surface area contributed by atoms with Gasteiger partial charge >= 0.3 is 0 Å². The lowest BCUT2D eigenvalue weighted by Gasteiger charge is -2.02. The number of hydrazone groups is 1. The van der Waals surface area contributed by atoms with E-state index in [4.69, 9.17) is 0 Å². The van der Waals surface area contributed by atoms with Crippen molar-refractivity contribution in [2.24, 2.45) is 12.1 Å². The molecule has 0 spiro atoms. The highest BCUT2D eigenvalue weighted by Gasteiger charge is 2.05. The van der Waals surface area contributed by atoms with E-state index in [0.29, 0.717) is 0 Å². The van der Waals surface area contributed by atoms with E-state index in [2.05, 4.69) is 20.6 Å². The van der Waals surface area contributed by atoms with Crippen molar-refractivity contribution in [3.63, 3.8) is 0 Å². The lowest BCUT2D eigenvalue weighted by molar-refractivity contribution is -0.121. The number of imidazole rings is 1. The van der Waals surface area contributed by atoms with Crippen LogP contribution >= 0.6 is 0 Å². The van der Waals surface area contributed by atoms with Crippen LogP contribution in [-0.2, 0) is 18.4 Å². The molecular formula is C14H14N6O. The maximum atomic E-state index is 11.9. The molecule has 7 heteroatoms. The highest BCUT2D eigenvalue weighted by molar-refractivity contribution is 5.83. The van der Waals surface area contributed by atoms with Crippen LogP contribution in [0.15, 0.2) is 48.1 Å². The standard InChI is InChI=1S/C14H14N6O/c1-19-8-11(7-17-19)6-16-18-14(21)9-20-10-15-12-4-2-3-5-13(12)20/h2-8,10H,9H2,1H3,(H,18,21)/b16-6+. The summed E-state index contributed by atoms with van der Waals surface area (Å²) in [6.07, 6.45) is 6.67. The Morgan fingerprint density at radius 1 is 1.43 bits per heavy atom. The minimum atomic E-state index is -0.210. The molecule has 1 amide bonds. The monoisotopic (exact) mass is 282 g/mol. The summed E-state index contributed by atoms with van der Waals surface area (Å²) in [5.74, 6) is -0.210. The van der Waals surface area contributed by atoms with Crippen molar-refractivity contribution >= 4 is 23.2 Å². The number of hydrogen-bond donors (Lipinski definition) is 1. The molecule has 0 fully saturated rings. The molecule has 0 saturated carbocycles. The van der Waals surface area contributed by atoms with Crippen molar-refractivity contribution in [1.29, 1.82) is 0 Å². The van der Waals surface area contributed by atoms with E-state index in [9.17, 15) is 4.79 Å². The van der Waals surface area contributed by atoms with Crippen molar-refractivity contribution in [1.82, 2.24) is 24.8 Å². The number of rotatable bonds is 4. The first-order chi connectivity index (χ1) is 10.2. The summed E-state index contributed by atoms with van der Waals surface area (Å²) in [5, 5.41) is 7.91. The second-order valence-corrected chi connectivity index (χ2v) is 4.60. The van der Waals surface area contributed by atoms with Crippen LogP contribution in [0.5, 0.6) is 0 Å². The molecule has 1 N–H and O–H groups in total. The van der Waals surface area contributed by atoms with Gasteiger partial charge in [0.2, 0.25) is 0 Å². The first-order valence-corrected chi connectivity index (χ1v) is 6.43. The Bertz CT molecular complexity index is 801. The number of fused-ring (bicyclic) bond motifs is 1. The van der Waals surface area contributed by atoms with Gasteiger partial charge in [-0.25, -0.2) is 10.4 Å². The molecule has 0 radical (unpaired) electrons. The van der Waals surface area contributed by atoms with E-state index in [1.165, 1.54) is 0 Å². The Labute approximate surface area is 120 Å². The number of para-hydroxylation sites is 2. The topological polar surface area (TPSA) is 77.1 Å². The Morgan fingerprint density at radius 3 is 3.10 bits per heavy atom. The molecular weight excluding hydrogens is 268 g/mol. The molecule has 3 aromatic rings. The average Bonchev–Trinajstić information content (AvgIpc) is 3.06. The summed E-state index contributed by atoms with van der Waals surface area (Å²) in [4.78, 5) is 16.1. The van der Waals surface area contributed by atoms with Gasteiger partial charge in [-0.1, -0.05) is 12.1 Å². The molecule has 0 saturated heterocycles. The van der Waals surface area contributed by atoms with Gasteiger partial charge in [-0.05, 0) is 12.1 Å². The first-order valence-electron chi connectivity index (χ1n) is 6.43. The maximum absolute atomic E-state index is 11.9. The lowest BCUT2D eigenvalue weighted by atomic mass is 10.3. The molecule has 21 heavy (non-hydrogen) atoms. The van der Waals surface area contributed by atoms with E-state index in [0.717, 1.165) is 16.6 Å². The fraction of sp³-hybridized carbons (Fsp3) is 0.143. The SMILES string of the molecule is Cn1cc(/C=N/NC(=O)Cn2cnc3ccccc32)cn1. The number of nitrogens with zero attached hydrogens (tertiary/aromatic N) is 5. The smallest absolute Gasteiger partial charge is 0.260 e. The third kappa shape index (κ3) is 2.97. The van der Waals surface area contributed by atoms with Crippen molar-refractivity contribution < 1.29 is 4.79 Å². The Kier molecular flexibility index (Phi) is 3.46. The third-order valence-corrected chi connectivity index (χ3v) is 2.97. The molecule has 0 bridgehead atoms. The predicted molar refractivity (Wildman–Crippen MR) is 78.7 cm³/mol. The molecule has 0 unspecified atom stereocenters. The van der Waals surface area contributed by atoms with Gasteiger partial charge in [0, 0.05) is 18.8 Å². The number of amides is 1. The van der Waals surface area contributed by atoms with Gasteiger partial charge < -0.3 is 4.57 Å². The second kappa shape index (κ2) is 5.58. The fourth-order valence-corrected chi connectivity index (χ4v) is 2.01. The maximum Gasteiger partial charge on any atom is 0.260 e. The molecule has 2 aromatic heterocycles. The van der Waals surface area contributed by atoms with Crippen LogP contribution in [0.25, 0.3) is 11.0 Å². The van der Waals surface area contributed by atoms with E-state index in [1.807, 2.05) is 31.3 Å². The summed E-state index contributed by atoms with van der Waals surface area (Å²) in [6.45, 7) is 0.172. The van der Waals surface area contributed by atoms with Gasteiger partial charge in [-0.3, -0.25) is 9.48 Å². The zero-order valence-electron chi connectivity index (χ0n) is 11.5. The molecule has 0 aliphatic carbocycles. The summed E-state index contributed by atoms with van der Waals surface area (Å²) in [7, 11) is 1.82. The average molecular weight is 282 g/mol. The molecule has 1 aromatic carbocycles. The minimum Gasteiger partial charge on any atom is -0.321 e. The normalized spacial score (nSPS) is 11.3. The van der Waals surface area contributed by atoms with Crippen LogP contribution in [0.2, 0.25) is 0 Å². The third-order valence-electron chi connectivity index (χ3n) is 2.97. The number of benzene rings is 1. The van der Waals surface area contributed by atoms with Crippen molar-refractivity contribution in [3.05, 3.63) is 48.5 Å². The fourth-order valence-electron chi connectivity index (χ4n) is 2.01.